The Balaban J connectivity index is 1.90. The predicted molar refractivity (Wildman–Crippen MR) is 111 cm³/mol. The van der Waals surface area contributed by atoms with Crippen LogP contribution < -0.4 is 10.2 Å². The lowest BCUT2D eigenvalue weighted by Crippen LogP contribution is -2.24. The van der Waals surface area contributed by atoms with Crippen molar-refractivity contribution < 1.29 is 14.6 Å². The van der Waals surface area contributed by atoms with Crippen molar-refractivity contribution in [2.45, 2.75) is 13.8 Å². The number of nitrogens with one attached hydrogen (secondary N) is 1. The molecule has 0 spiro atoms. The van der Waals surface area contributed by atoms with Crippen molar-refractivity contribution in [3.63, 3.8) is 0 Å². The second-order valence-corrected chi connectivity index (χ2v) is 7.56. The van der Waals surface area contributed by atoms with Crippen LogP contribution in [0.2, 0.25) is 0 Å². The minimum Gasteiger partial charge on any atom is -0.506 e. The van der Waals surface area contributed by atoms with Crippen LogP contribution in [0.1, 0.15) is 16.7 Å². The largest absolute Gasteiger partial charge is 0.506 e. The van der Waals surface area contributed by atoms with E-state index < -0.39 is 0 Å². The number of carbonyl (C=O) groups is 1. The SMILES string of the molecule is Cc1ccc(OCC(=O)N/N=C/c2cc(I)cc(I)c2O)cc1C. The molecule has 2 aromatic carbocycles. The van der Waals surface area contributed by atoms with Crippen LogP contribution >= 0.6 is 45.2 Å². The van der Waals surface area contributed by atoms with Crippen molar-refractivity contribution in [3.05, 3.63) is 54.2 Å². The Bertz CT molecular complexity index is 792. The molecule has 0 radical (unpaired) electrons. The molecule has 0 unspecified atom stereocenters. The number of ether oxygens (including phenoxy) is 1. The number of hydrazone groups is 1. The third kappa shape index (κ3) is 5.33. The smallest absolute Gasteiger partial charge is 0.277 e. The van der Waals surface area contributed by atoms with Crippen LogP contribution in [0.5, 0.6) is 11.5 Å². The summed E-state index contributed by atoms with van der Waals surface area (Å²) >= 11 is 4.19. The molecular weight excluding hydrogens is 534 g/mol. The number of rotatable bonds is 5. The van der Waals surface area contributed by atoms with Crippen molar-refractivity contribution in [1.82, 2.24) is 5.43 Å². The van der Waals surface area contributed by atoms with Crippen LogP contribution in [0.25, 0.3) is 0 Å². The van der Waals surface area contributed by atoms with E-state index in [2.05, 4.69) is 33.1 Å². The van der Waals surface area contributed by atoms with E-state index in [1.165, 1.54) is 11.8 Å². The van der Waals surface area contributed by atoms with Gasteiger partial charge in [-0.05, 0) is 94.4 Å². The van der Waals surface area contributed by atoms with Crippen LogP contribution in [-0.2, 0) is 4.79 Å². The van der Waals surface area contributed by atoms with Gasteiger partial charge in [-0.25, -0.2) is 5.43 Å². The quantitative estimate of drug-likeness (QED) is 0.339. The first-order valence-electron chi connectivity index (χ1n) is 7.07. The molecule has 0 fully saturated rings. The van der Waals surface area contributed by atoms with Crippen LogP contribution in [0.4, 0.5) is 0 Å². The van der Waals surface area contributed by atoms with E-state index in [0.29, 0.717) is 11.3 Å². The molecule has 0 heterocycles. The van der Waals surface area contributed by atoms with Gasteiger partial charge in [0.15, 0.2) is 6.61 Å². The summed E-state index contributed by atoms with van der Waals surface area (Å²) in [5, 5.41) is 13.8. The first-order chi connectivity index (χ1) is 11.4. The lowest BCUT2D eigenvalue weighted by Gasteiger charge is -2.07. The van der Waals surface area contributed by atoms with Gasteiger partial charge in [0.1, 0.15) is 11.5 Å². The molecule has 2 N–H and O–H groups in total. The Kier molecular flexibility index (Phi) is 6.84. The second kappa shape index (κ2) is 8.65. The topological polar surface area (TPSA) is 70.9 Å². The molecule has 5 nitrogen and oxygen atoms in total. The minimum atomic E-state index is -0.371. The van der Waals surface area contributed by atoms with Gasteiger partial charge >= 0.3 is 0 Å². The highest BCUT2D eigenvalue weighted by molar-refractivity contribution is 14.1. The fourth-order valence-corrected chi connectivity index (χ4v) is 3.73. The fourth-order valence-electron chi connectivity index (χ4n) is 1.84. The lowest BCUT2D eigenvalue weighted by molar-refractivity contribution is -0.123. The molecule has 0 atom stereocenters. The third-order valence-electron chi connectivity index (χ3n) is 3.30. The van der Waals surface area contributed by atoms with E-state index in [0.717, 1.165) is 12.7 Å². The molecule has 0 saturated heterocycles. The van der Waals surface area contributed by atoms with E-state index >= 15 is 0 Å². The summed E-state index contributed by atoms with van der Waals surface area (Å²) in [6, 6.07) is 9.29. The number of phenolic OH excluding ortho intramolecular Hbond substituents is 1. The Labute approximate surface area is 167 Å². The van der Waals surface area contributed by atoms with Crippen molar-refractivity contribution >= 4 is 57.3 Å². The maximum Gasteiger partial charge on any atom is 0.277 e. The Morgan fingerprint density at radius 3 is 2.71 bits per heavy atom. The number of carbonyl (C=O) groups excluding carboxylic acids is 1. The average Bonchev–Trinajstić information content (AvgIpc) is 2.53. The van der Waals surface area contributed by atoms with Gasteiger partial charge in [0, 0.05) is 9.13 Å². The van der Waals surface area contributed by atoms with E-state index in [1.807, 2.05) is 60.7 Å². The Hall–Kier alpha value is -1.36. The van der Waals surface area contributed by atoms with Gasteiger partial charge in [-0.3, -0.25) is 4.79 Å². The zero-order chi connectivity index (χ0) is 17.7. The summed E-state index contributed by atoms with van der Waals surface area (Å²) in [7, 11) is 0. The third-order valence-corrected chi connectivity index (χ3v) is 4.74. The van der Waals surface area contributed by atoms with Crippen LogP contribution in [0.3, 0.4) is 0 Å². The molecular formula is C17H16I2N2O3. The number of phenols is 1. The molecule has 0 saturated carbocycles. The summed E-state index contributed by atoms with van der Waals surface area (Å²) in [5.74, 6) is 0.409. The van der Waals surface area contributed by atoms with Gasteiger partial charge in [0.25, 0.3) is 5.91 Å². The van der Waals surface area contributed by atoms with E-state index in [9.17, 15) is 9.90 Å². The van der Waals surface area contributed by atoms with Crippen molar-refractivity contribution in [1.29, 1.82) is 0 Å². The molecule has 0 aliphatic heterocycles. The molecule has 0 bridgehead atoms. The highest BCUT2D eigenvalue weighted by atomic mass is 127. The van der Waals surface area contributed by atoms with Gasteiger partial charge in [0.05, 0.1) is 9.78 Å². The molecule has 0 aromatic heterocycles. The zero-order valence-electron chi connectivity index (χ0n) is 13.1. The highest BCUT2D eigenvalue weighted by Crippen LogP contribution is 2.25. The molecule has 24 heavy (non-hydrogen) atoms. The first-order valence-corrected chi connectivity index (χ1v) is 9.22. The summed E-state index contributed by atoms with van der Waals surface area (Å²) in [4.78, 5) is 11.8. The summed E-state index contributed by atoms with van der Waals surface area (Å²) in [6.07, 6.45) is 1.41. The number of aryl methyl sites for hydroxylation is 2. The summed E-state index contributed by atoms with van der Waals surface area (Å²) in [6.45, 7) is 3.87. The van der Waals surface area contributed by atoms with E-state index in [4.69, 9.17) is 4.74 Å². The second-order valence-electron chi connectivity index (χ2n) is 5.15. The van der Waals surface area contributed by atoms with Gasteiger partial charge < -0.3 is 9.84 Å². The minimum absolute atomic E-state index is 0.129. The average molecular weight is 550 g/mol. The number of hydrogen-bond acceptors (Lipinski definition) is 4. The van der Waals surface area contributed by atoms with E-state index in [-0.39, 0.29) is 18.3 Å². The Morgan fingerprint density at radius 1 is 1.25 bits per heavy atom. The molecule has 126 valence electrons. The van der Waals surface area contributed by atoms with Gasteiger partial charge in [-0.1, -0.05) is 6.07 Å². The van der Waals surface area contributed by atoms with Crippen LogP contribution in [0, 0.1) is 21.0 Å². The monoisotopic (exact) mass is 550 g/mol. The van der Waals surface area contributed by atoms with Crippen molar-refractivity contribution in [2.24, 2.45) is 5.10 Å². The standard InChI is InChI=1S/C17H16I2N2O3/c1-10-3-4-14(5-11(10)2)24-9-16(22)21-20-8-12-6-13(18)7-15(19)17(12)23/h3-8,23H,9H2,1-2H3,(H,21,22)/b20-8+. The molecule has 2 rings (SSSR count). The maximum atomic E-state index is 11.8. The number of amides is 1. The predicted octanol–water partition coefficient (Wildman–Crippen LogP) is 3.75. The Morgan fingerprint density at radius 2 is 2.00 bits per heavy atom. The highest BCUT2D eigenvalue weighted by Gasteiger charge is 2.06. The molecule has 1 amide bonds. The number of halogens is 2. The van der Waals surface area contributed by atoms with Crippen molar-refractivity contribution in [2.75, 3.05) is 6.61 Å². The zero-order valence-corrected chi connectivity index (χ0v) is 17.5. The first kappa shape index (κ1) is 19.0. The molecule has 0 aliphatic rings. The number of aromatic hydroxyl groups is 1. The molecule has 0 aliphatic carbocycles. The van der Waals surface area contributed by atoms with Crippen molar-refractivity contribution in [3.8, 4) is 11.5 Å². The fraction of sp³-hybridized carbons (Fsp3) is 0.176. The number of hydrogen-bond donors (Lipinski definition) is 2. The summed E-state index contributed by atoms with van der Waals surface area (Å²) in [5.41, 5.74) is 5.20. The molecule has 2 aromatic rings. The number of nitrogens with zero attached hydrogens (tertiary/aromatic N) is 1. The van der Waals surface area contributed by atoms with Gasteiger partial charge in [-0.15, -0.1) is 0 Å². The van der Waals surface area contributed by atoms with Gasteiger partial charge in [-0.2, -0.15) is 5.10 Å². The maximum absolute atomic E-state index is 11.8. The lowest BCUT2D eigenvalue weighted by atomic mass is 10.1. The van der Waals surface area contributed by atoms with Gasteiger partial charge in [0.2, 0.25) is 0 Å². The number of benzene rings is 2. The van der Waals surface area contributed by atoms with Crippen LogP contribution in [-0.4, -0.2) is 23.8 Å². The molecule has 7 heteroatoms. The van der Waals surface area contributed by atoms with E-state index in [1.54, 1.807) is 6.07 Å². The summed E-state index contributed by atoms with van der Waals surface area (Å²) < 4.78 is 7.13. The van der Waals surface area contributed by atoms with Crippen LogP contribution in [0.15, 0.2) is 35.4 Å². The normalized spacial score (nSPS) is 10.8.